The molecule has 2 aromatic carbocycles. The molecule has 6 heteroatoms. The van der Waals surface area contributed by atoms with Gasteiger partial charge in [0.05, 0.1) is 10.6 Å². The van der Waals surface area contributed by atoms with E-state index < -0.39 is 10.5 Å². The van der Waals surface area contributed by atoms with Crippen molar-refractivity contribution in [1.29, 1.82) is 0 Å². The van der Waals surface area contributed by atoms with Crippen LogP contribution in [0.15, 0.2) is 59.4 Å². The number of fused-ring (bicyclic) bond motifs is 1. The fraction of sp³-hybridized carbons (Fsp3) is 0. The minimum absolute atomic E-state index is 0.146. The van der Waals surface area contributed by atoms with Crippen LogP contribution in [0, 0.1) is 10.1 Å². The van der Waals surface area contributed by atoms with E-state index in [1.165, 1.54) is 30.3 Å². The zero-order chi connectivity index (χ0) is 15.0. The Hall–Kier alpha value is -3.15. The van der Waals surface area contributed by atoms with E-state index in [9.17, 15) is 20.0 Å². The van der Waals surface area contributed by atoms with Gasteiger partial charge in [0.2, 0.25) is 5.88 Å². The molecule has 3 rings (SSSR count). The third-order valence-corrected chi connectivity index (χ3v) is 3.21. The predicted molar refractivity (Wildman–Crippen MR) is 77.9 cm³/mol. The summed E-state index contributed by atoms with van der Waals surface area (Å²) < 4.78 is 1.05. The molecule has 104 valence electrons. The first kappa shape index (κ1) is 12.9. The number of nitrogens with zero attached hydrogens (tertiary/aromatic N) is 2. The lowest BCUT2D eigenvalue weighted by Crippen LogP contribution is -2.17. The third-order valence-electron chi connectivity index (χ3n) is 3.21. The van der Waals surface area contributed by atoms with Crippen LogP contribution in [0.4, 0.5) is 5.69 Å². The minimum atomic E-state index is -0.549. The summed E-state index contributed by atoms with van der Waals surface area (Å²) in [7, 11) is 0. The summed E-state index contributed by atoms with van der Waals surface area (Å²) in [5.74, 6) is -0.237. The van der Waals surface area contributed by atoms with E-state index in [4.69, 9.17) is 0 Å². The van der Waals surface area contributed by atoms with Crippen molar-refractivity contribution in [2.45, 2.75) is 0 Å². The molecular formula is C15H10N2O4. The van der Waals surface area contributed by atoms with Crippen LogP contribution in [0.5, 0.6) is 5.88 Å². The fourth-order valence-corrected chi connectivity index (χ4v) is 2.24. The van der Waals surface area contributed by atoms with Crippen molar-refractivity contribution in [2.75, 3.05) is 0 Å². The van der Waals surface area contributed by atoms with Gasteiger partial charge in [0.1, 0.15) is 0 Å². The topological polar surface area (TPSA) is 85.4 Å². The Balaban J connectivity index is 2.32. The highest BCUT2D eigenvalue weighted by molar-refractivity contribution is 5.87. The number of non-ortho nitro benzene ring substituents is 1. The fourth-order valence-electron chi connectivity index (χ4n) is 2.24. The predicted octanol–water partition coefficient (Wildman–Crippen LogP) is 2.60. The molecule has 0 saturated heterocycles. The average Bonchev–Trinajstić information content (AvgIpc) is 2.47. The van der Waals surface area contributed by atoms with Crippen LogP contribution < -0.4 is 5.56 Å². The first-order valence-electron chi connectivity index (χ1n) is 6.16. The van der Waals surface area contributed by atoms with Crippen LogP contribution in [0.25, 0.3) is 16.5 Å². The number of aromatic nitrogens is 1. The number of rotatable bonds is 2. The smallest absolute Gasteiger partial charge is 0.271 e. The van der Waals surface area contributed by atoms with Crippen molar-refractivity contribution >= 4 is 16.5 Å². The molecule has 0 radical (unpaired) electrons. The molecule has 0 unspecified atom stereocenters. The first-order valence-corrected chi connectivity index (χ1v) is 6.16. The van der Waals surface area contributed by atoms with Gasteiger partial charge in [-0.2, -0.15) is 0 Å². The Morgan fingerprint density at radius 2 is 1.81 bits per heavy atom. The molecule has 0 aliphatic carbocycles. The highest BCUT2D eigenvalue weighted by atomic mass is 16.6. The molecule has 0 saturated carbocycles. The second kappa shape index (κ2) is 4.75. The monoisotopic (exact) mass is 282 g/mol. The standard InChI is InChI=1S/C15H10N2O4/c18-14-8-10-4-1-2-7-13(10)15(19)16(14)11-5-3-6-12(9-11)17(20)21/h1-9,19H. The van der Waals surface area contributed by atoms with Gasteiger partial charge in [-0.15, -0.1) is 0 Å². The highest BCUT2D eigenvalue weighted by Crippen LogP contribution is 2.26. The normalized spacial score (nSPS) is 10.7. The van der Waals surface area contributed by atoms with Crippen molar-refractivity contribution in [2.24, 2.45) is 0 Å². The van der Waals surface area contributed by atoms with Crippen molar-refractivity contribution in [3.05, 3.63) is 75.1 Å². The summed E-state index contributed by atoms with van der Waals surface area (Å²) in [5.41, 5.74) is -0.351. The number of hydrogen-bond donors (Lipinski definition) is 1. The van der Waals surface area contributed by atoms with E-state index in [2.05, 4.69) is 0 Å². The van der Waals surface area contributed by atoms with Crippen molar-refractivity contribution in [3.63, 3.8) is 0 Å². The van der Waals surface area contributed by atoms with E-state index in [-0.39, 0.29) is 17.3 Å². The van der Waals surface area contributed by atoms with Gasteiger partial charge >= 0.3 is 0 Å². The molecule has 1 aromatic heterocycles. The second-order valence-corrected chi connectivity index (χ2v) is 4.51. The van der Waals surface area contributed by atoms with Crippen LogP contribution in [0.3, 0.4) is 0 Å². The zero-order valence-corrected chi connectivity index (χ0v) is 10.8. The summed E-state index contributed by atoms with van der Waals surface area (Å²) in [6.45, 7) is 0. The summed E-state index contributed by atoms with van der Waals surface area (Å²) in [6.07, 6.45) is 0. The summed E-state index contributed by atoms with van der Waals surface area (Å²) in [6, 6.07) is 13.9. The Labute approximate surface area is 118 Å². The average molecular weight is 282 g/mol. The van der Waals surface area contributed by atoms with E-state index in [0.717, 1.165) is 4.57 Å². The van der Waals surface area contributed by atoms with Gasteiger partial charge in [-0.05, 0) is 17.5 Å². The van der Waals surface area contributed by atoms with Crippen LogP contribution in [0.2, 0.25) is 0 Å². The van der Waals surface area contributed by atoms with Crippen molar-refractivity contribution < 1.29 is 10.0 Å². The lowest BCUT2D eigenvalue weighted by molar-refractivity contribution is -0.384. The number of benzene rings is 2. The van der Waals surface area contributed by atoms with Gasteiger partial charge in [-0.1, -0.05) is 24.3 Å². The molecule has 6 nitrogen and oxygen atoms in total. The Morgan fingerprint density at radius 1 is 1.05 bits per heavy atom. The van der Waals surface area contributed by atoms with Gasteiger partial charge in [-0.3, -0.25) is 14.9 Å². The van der Waals surface area contributed by atoms with Gasteiger partial charge < -0.3 is 5.11 Å². The second-order valence-electron chi connectivity index (χ2n) is 4.51. The highest BCUT2D eigenvalue weighted by Gasteiger charge is 2.13. The third kappa shape index (κ3) is 2.12. The quantitative estimate of drug-likeness (QED) is 0.578. The van der Waals surface area contributed by atoms with Gasteiger partial charge in [0, 0.05) is 23.6 Å². The Kier molecular flexibility index (Phi) is 2.91. The molecule has 21 heavy (non-hydrogen) atoms. The molecule has 1 N–H and O–H groups in total. The molecule has 1 heterocycles. The number of nitro groups is 1. The first-order chi connectivity index (χ1) is 10.1. The zero-order valence-electron chi connectivity index (χ0n) is 10.8. The minimum Gasteiger partial charge on any atom is -0.494 e. The van der Waals surface area contributed by atoms with Crippen molar-refractivity contribution in [3.8, 4) is 11.6 Å². The molecule has 0 aliphatic heterocycles. The van der Waals surface area contributed by atoms with Crippen molar-refractivity contribution in [1.82, 2.24) is 4.57 Å². The Morgan fingerprint density at radius 3 is 2.57 bits per heavy atom. The summed E-state index contributed by atoms with van der Waals surface area (Å²) in [5, 5.41) is 22.2. The van der Waals surface area contributed by atoms with Crippen LogP contribution in [-0.4, -0.2) is 14.6 Å². The molecule has 0 atom stereocenters. The van der Waals surface area contributed by atoms with E-state index >= 15 is 0 Å². The number of pyridine rings is 1. The number of aromatic hydroxyl groups is 1. The van der Waals surface area contributed by atoms with Crippen LogP contribution >= 0.6 is 0 Å². The van der Waals surface area contributed by atoms with E-state index in [0.29, 0.717) is 10.8 Å². The lowest BCUT2D eigenvalue weighted by Gasteiger charge is -2.10. The molecular weight excluding hydrogens is 272 g/mol. The largest absolute Gasteiger partial charge is 0.494 e. The maximum atomic E-state index is 12.2. The molecule has 3 aromatic rings. The van der Waals surface area contributed by atoms with Gasteiger partial charge in [0.15, 0.2) is 0 Å². The summed E-state index contributed by atoms with van der Waals surface area (Å²) >= 11 is 0. The summed E-state index contributed by atoms with van der Waals surface area (Å²) in [4.78, 5) is 22.4. The molecule has 0 amide bonds. The van der Waals surface area contributed by atoms with E-state index in [1.807, 2.05) is 0 Å². The molecule has 0 aliphatic rings. The Bertz CT molecular complexity index is 915. The number of nitro benzene ring substituents is 1. The number of hydrogen-bond acceptors (Lipinski definition) is 4. The van der Waals surface area contributed by atoms with Crippen LogP contribution in [0.1, 0.15) is 0 Å². The van der Waals surface area contributed by atoms with Gasteiger partial charge in [0.25, 0.3) is 11.2 Å². The van der Waals surface area contributed by atoms with Crippen LogP contribution in [-0.2, 0) is 0 Å². The molecule has 0 bridgehead atoms. The molecule has 0 fully saturated rings. The maximum Gasteiger partial charge on any atom is 0.271 e. The van der Waals surface area contributed by atoms with E-state index in [1.54, 1.807) is 24.3 Å². The molecule has 0 spiro atoms. The SMILES string of the molecule is O=c1cc2ccccc2c(O)n1-c1cccc([N+](=O)[O-])c1. The maximum absolute atomic E-state index is 12.2. The lowest BCUT2D eigenvalue weighted by atomic mass is 10.1. The van der Waals surface area contributed by atoms with Gasteiger partial charge in [-0.25, -0.2) is 4.57 Å².